The number of carbonyl (C=O) groups is 1. The van der Waals surface area contributed by atoms with Gasteiger partial charge in [-0.2, -0.15) is 0 Å². The highest BCUT2D eigenvalue weighted by atomic mass is 16.4. The van der Waals surface area contributed by atoms with Crippen molar-refractivity contribution < 1.29 is 25.2 Å². The first-order chi connectivity index (χ1) is 9.45. The van der Waals surface area contributed by atoms with Gasteiger partial charge in [-0.1, -0.05) is 38.3 Å². The van der Waals surface area contributed by atoms with E-state index in [0.717, 1.165) is 19.3 Å². The maximum atomic E-state index is 10.8. The van der Waals surface area contributed by atoms with E-state index in [-0.39, 0.29) is 12.8 Å². The maximum Gasteiger partial charge on any atom is 0.303 e. The van der Waals surface area contributed by atoms with E-state index >= 15 is 0 Å². The molecule has 4 N–H and O–H groups in total. The lowest BCUT2D eigenvalue weighted by molar-refractivity contribution is -0.139. The van der Waals surface area contributed by atoms with Crippen LogP contribution in [0.15, 0.2) is 12.2 Å². The molecule has 1 aliphatic carbocycles. The summed E-state index contributed by atoms with van der Waals surface area (Å²) in [6, 6.07) is 0. The third-order valence-electron chi connectivity index (χ3n) is 3.99. The van der Waals surface area contributed by atoms with Gasteiger partial charge < -0.3 is 20.4 Å². The molecule has 1 saturated carbocycles. The quantitative estimate of drug-likeness (QED) is 0.398. The predicted octanol–water partition coefficient (Wildman–Crippen LogP) is 1.32. The van der Waals surface area contributed by atoms with E-state index in [4.69, 9.17) is 5.11 Å². The monoisotopic (exact) mass is 286 g/mol. The number of rotatable bonds is 8. The predicted molar refractivity (Wildman–Crippen MR) is 75.2 cm³/mol. The van der Waals surface area contributed by atoms with Crippen molar-refractivity contribution in [3.63, 3.8) is 0 Å². The molecule has 0 amide bonds. The van der Waals surface area contributed by atoms with Crippen molar-refractivity contribution in [3.05, 3.63) is 12.2 Å². The van der Waals surface area contributed by atoms with Gasteiger partial charge in [0.25, 0.3) is 0 Å². The Morgan fingerprint density at radius 3 is 2.60 bits per heavy atom. The van der Waals surface area contributed by atoms with Gasteiger partial charge in [0.05, 0.1) is 24.7 Å². The SMILES string of the molecule is CCCCC[C@@H](O)/C=C/[C@@H]1[C@@H](CC(=O)O)[C@@H](O)C[C@H]1O. The highest BCUT2D eigenvalue weighted by Gasteiger charge is 2.41. The molecule has 0 aliphatic heterocycles. The summed E-state index contributed by atoms with van der Waals surface area (Å²) in [6.07, 6.45) is 4.97. The van der Waals surface area contributed by atoms with Crippen LogP contribution >= 0.6 is 0 Å². The van der Waals surface area contributed by atoms with Crippen LogP contribution in [-0.4, -0.2) is 44.7 Å². The van der Waals surface area contributed by atoms with E-state index in [9.17, 15) is 20.1 Å². The average Bonchev–Trinajstić information content (AvgIpc) is 2.62. The minimum Gasteiger partial charge on any atom is -0.481 e. The topological polar surface area (TPSA) is 98.0 Å². The van der Waals surface area contributed by atoms with Gasteiger partial charge in [0, 0.05) is 18.3 Å². The Balaban J connectivity index is 2.55. The molecule has 1 rings (SSSR count). The summed E-state index contributed by atoms with van der Waals surface area (Å²) >= 11 is 0. The zero-order valence-corrected chi connectivity index (χ0v) is 12.0. The van der Waals surface area contributed by atoms with Gasteiger partial charge in [-0.25, -0.2) is 0 Å². The Labute approximate surface area is 119 Å². The van der Waals surface area contributed by atoms with Gasteiger partial charge in [-0.05, 0) is 6.42 Å². The second kappa shape index (κ2) is 8.39. The first-order valence-corrected chi connectivity index (χ1v) is 7.40. The molecule has 0 saturated heterocycles. The molecule has 0 bridgehead atoms. The fourth-order valence-electron chi connectivity index (χ4n) is 2.82. The number of aliphatic carboxylic acids is 1. The van der Waals surface area contributed by atoms with Gasteiger partial charge in [-0.3, -0.25) is 4.79 Å². The van der Waals surface area contributed by atoms with Crippen molar-refractivity contribution in [2.45, 2.75) is 63.8 Å². The molecule has 0 aromatic rings. The Hall–Kier alpha value is -0.910. The summed E-state index contributed by atoms with van der Waals surface area (Å²) < 4.78 is 0. The molecule has 20 heavy (non-hydrogen) atoms. The number of aliphatic hydroxyl groups is 3. The second-order valence-electron chi connectivity index (χ2n) is 5.66. The highest BCUT2D eigenvalue weighted by molar-refractivity contribution is 5.67. The molecule has 5 heteroatoms. The number of carboxylic acid groups (broad SMARTS) is 1. The van der Waals surface area contributed by atoms with Gasteiger partial charge in [-0.15, -0.1) is 0 Å². The van der Waals surface area contributed by atoms with Crippen molar-refractivity contribution in [2.24, 2.45) is 11.8 Å². The van der Waals surface area contributed by atoms with Gasteiger partial charge >= 0.3 is 5.97 Å². The molecular formula is C15H26O5. The first kappa shape index (κ1) is 17.1. The average molecular weight is 286 g/mol. The molecule has 0 unspecified atom stereocenters. The van der Waals surface area contributed by atoms with E-state index in [1.54, 1.807) is 12.2 Å². The third kappa shape index (κ3) is 5.23. The van der Waals surface area contributed by atoms with E-state index < -0.39 is 36.1 Å². The smallest absolute Gasteiger partial charge is 0.303 e. The first-order valence-electron chi connectivity index (χ1n) is 7.40. The van der Waals surface area contributed by atoms with Crippen LogP contribution in [0, 0.1) is 11.8 Å². The summed E-state index contributed by atoms with van der Waals surface area (Å²) in [5.41, 5.74) is 0. The third-order valence-corrected chi connectivity index (χ3v) is 3.99. The number of carboxylic acids is 1. The molecule has 1 fully saturated rings. The van der Waals surface area contributed by atoms with E-state index in [1.807, 2.05) is 0 Å². The lowest BCUT2D eigenvalue weighted by Gasteiger charge is -2.19. The Morgan fingerprint density at radius 2 is 2.00 bits per heavy atom. The van der Waals surface area contributed by atoms with Crippen LogP contribution in [-0.2, 0) is 4.79 Å². The van der Waals surface area contributed by atoms with Crippen LogP contribution in [0.2, 0.25) is 0 Å². The Kier molecular flexibility index (Phi) is 7.19. The van der Waals surface area contributed by atoms with Crippen LogP contribution in [0.3, 0.4) is 0 Å². The van der Waals surface area contributed by atoms with Gasteiger partial charge in [0.15, 0.2) is 0 Å². The normalized spacial score (nSPS) is 31.8. The Bertz CT molecular complexity index is 328. The van der Waals surface area contributed by atoms with Crippen LogP contribution < -0.4 is 0 Å². The van der Waals surface area contributed by atoms with Crippen LogP contribution in [0.25, 0.3) is 0 Å². The summed E-state index contributed by atoms with van der Waals surface area (Å²) in [5.74, 6) is -1.87. The van der Waals surface area contributed by atoms with Crippen molar-refractivity contribution in [2.75, 3.05) is 0 Å². The zero-order chi connectivity index (χ0) is 15.1. The standard InChI is InChI=1S/C15H26O5/c1-2-3-4-5-10(16)6-7-11-12(8-15(19)20)14(18)9-13(11)17/h6-7,10-14,16-18H,2-5,8-9H2,1H3,(H,19,20)/b7-6+/t10-,11-,12-,13-,14+/m1/s1. The Morgan fingerprint density at radius 1 is 1.30 bits per heavy atom. The summed E-state index contributed by atoms with van der Waals surface area (Å²) in [5, 5.41) is 38.3. The molecule has 5 atom stereocenters. The molecule has 0 heterocycles. The number of aliphatic hydroxyl groups excluding tert-OH is 3. The van der Waals surface area contributed by atoms with Crippen LogP contribution in [0.5, 0.6) is 0 Å². The van der Waals surface area contributed by atoms with Gasteiger partial charge in [0.2, 0.25) is 0 Å². The molecule has 116 valence electrons. The highest BCUT2D eigenvalue weighted by Crippen LogP contribution is 2.36. The van der Waals surface area contributed by atoms with E-state index in [2.05, 4.69) is 6.92 Å². The minimum absolute atomic E-state index is 0.167. The molecule has 0 aromatic carbocycles. The number of hydrogen-bond acceptors (Lipinski definition) is 4. The molecule has 0 aromatic heterocycles. The molecule has 5 nitrogen and oxygen atoms in total. The second-order valence-corrected chi connectivity index (χ2v) is 5.66. The fourth-order valence-corrected chi connectivity index (χ4v) is 2.82. The van der Waals surface area contributed by atoms with Crippen molar-refractivity contribution in [1.29, 1.82) is 0 Å². The minimum atomic E-state index is -0.981. The zero-order valence-electron chi connectivity index (χ0n) is 12.0. The van der Waals surface area contributed by atoms with Crippen LogP contribution in [0.1, 0.15) is 45.4 Å². The fraction of sp³-hybridized carbons (Fsp3) is 0.800. The lowest BCUT2D eigenvalue weighted by Crippen LogP contribution is -2.23. The molecule has 0 spiro atoms. The van der Waals surface area contributed by atoms with Crippen molar-refractivity contribution >= 4 is 5.97 Å². The molecule has 1 aliphatic rings. The van der Waals surface area contributed by atoms with Crippen molar-refractivity contribution in [1.82, 2.24) is 0 Å². The van der Waals surface area contributed by atoms with Gasteiger partial charge in [0.1, 0.15) is 0 Å². The molecule has 0 radical (unpaired) electrons. The summed E-state index contributed by atoms with van der Waals surface area (Å²) in [6.45, 7) is 2.09. The molecular weight excluding hydrogens is 260 g/mol. The summed E-state index contributed by atoms with van der Waals surface area (Å²) in [7, 11) is 0. The van der Waals surface area contributed by atoms with E-state index in [1.165, 1.54) is 0 Å². The van der Waals surface area contributed by atoms with E-state index in [0.29, 0.717) is 6.42 Å². The van der Waals surface area contributed by atoms with Crippen molar-refractivity contribution in [3.8, 4) is 0 Å². The lowest BCUT2D eigenvalue weighted by atomic mass is 9.90. The largest absolute Gasteiger partial charge is 0.481 e. The summed E-state index contributed by atoms with van der Waals surface area (Å²) in [4.78, 5) is 10.8. The maximum absolute atomic E-state index is 10.8. The van der Waals surface area contributed by atoms with Crippen LogP contribution in [0.4, 0.5) is 0 Å². The number of hydrogen-bond donors (Lipinski definition) is 4. The number of unbranched alkanes of at least 4 members (excludes halogenated alkanes) is 2.